The average Bonchev–Trinajstić information content (AvgIpc) is 2.99. The first-order valence-electron chi connectivity index (χ1n) is 7.25. The van der Waals surface area contributed by atoms with Gasteiger partial charge in [-0.25, -0.2) is 0 Å². The van der Waals surface area contributed by atoms with Crippen LogP contribution in [0.3, 0.4) is 0 Å². The predicted octanol–water partition coefficient (Wildman–Crippen LogP) is 2.01. The molecule has 1 saturated heterocycles. The van der Waals surface area contributed by atoms with Crippen LogP contribution in [0.25, 0.3) is 0 Å². The average molecular weight is 317 g/mol. The summed E-state index contributed by atoms with van der Waals surface area (Å²) in [4.78, 5) is 0. The molecule has 0 radical (unpaired) electrons. The summed E-state index contributed by atoms with van der Waals surface area (Å²) in [6, 6.07) is 10.3. The Balaban J connectivity index is 1.48. The van der Waals surface area contributed by atoms with E-state index in [0.717, 1.165) is 18.0 Å². The molecule has 2 unspecified atom stereocenters. The summed E-state index contributed by atoms with van der Waals surface area (Å²) >= 11 is 5.89. The molecule has 0 bridgehead atoms. The fraction of sp³-hybridized carbons (Fsp3) is 0.375. The second-order valence-electron chi connectivity index (χ2n) is 5.45. The lowest BCUT2D eigenvalue weighted by Gasteiger charge is -2.30. The number of benzene rings is 1. The van der Waals surface area contributed by atoms with Crippen LogP contribution in [-0.4, -0.2) is 35.1 Å². The van der Waals surface area contributed by atoms with Crippen molar-refractivity contribution in [3.8, 4) is 6.07 Å². The number of nitrogens with zero attached hydrogens (tertiary/aromatic N) is 3. The first kappa shape index (κ1) is 15.0. The highest BCUT2D eigenvalue weighted by Crippen LogP contribution is 2.13. The van der Waals surface area contributed by atoms with Gasteiger partial charge in [0.2, 0.25) is 0 Å². The molecule has 2 atom stereocenters. The molecule has 114 valence electrons. The van der Waals surface area contributed by atoms with E-state index in [1.54, 1.807) is 17.1 Å². The lowest BCUT2D eigenvalue weighted by Crippen LogP contribution is -2.48. The van der Waals surface area contributed by atoms with Crippen LogP contribution in [0.4, 0.5) is 0 Å². The molecule has 2 heterocycles. The molecule has 1 fully saturated rings. The Morgan fingerprint density at radius 1 is 1.41 bits per heavy atom. The summed E-state index contributed by atoms with van der Waals surface area (Å²) in [7, 11) is 0. The van der Waals surface area contributed by atoms with Crippen LogP contribution in [0.1, 0.15) is 11.1 Å². The maximum Gasteiger partial charge on any atom is 0.102 e. The van der Waals surface area contributed by atoms with Gasteiger partial charge in [0, 0.05) is 23.8 Å². The van der Waals surface area contributed by atoms with E-state index in [1.807, 2.05) is 24.3 Å². The quantitative estimate of drug-likeness (QED) is 0.937. The van der Waals surface area contributed by atoms with Crippen molar-refractivity contribution in [1.82, 2.24) is 15.1 Å². The number of nitriles is 1. The highest BCUT2D eigenvalue weighted by molar-refractivity contribution is 6.30. The maximum atomic E-state index is 8.79. The van der Waals surface area contributed by atoms with Crippen LogP contribution in [-0.2, 0) is 17.7 Å². The molecule has 2 aromatic rings. The smallest absolute Gasteiger partial charge is 0.102 e. The molecule has 1 aliphatic heterocycles. The van der Waals surface area contributed by atoms with Crippen LogP contribution < -0.4 is 5.32 Å². The number of ether oxygens (including phenoxy) is 1. The second kappa shape index (κ2) is 6.93. The summed E-state index contributed by atoms with van der Waals surface area (Å²) in [6.45, 7) is 2.10. The molecule has 0 spiro atoms. The molecule has 5 nitrogen and oxygen atoms in total. The Kier molecular flexibility index (Phi) is 4.74. The molecule has 0 amide bonds. The van der Waals surface area contributed by atoms with Crippen LogP contribution >= 0.6 is 11.6 Å². The van der Waals surface area contributed by atoms with E-state index >= 15 is 0 Å². The van der Waals surface area contributed by atoms with Crippen LogP contribution in [0.5, 0.6) is 0 Å². The number of hydrogen-bond donors (Lipinski definition) is 1. The van der Waals surface area contributed by atoms with Crippen molar-refractivity contribution in [3.63, 3.8) is 0 Å². The van der Waals surface area contributed by atoms with Gasteiger partial charge in [0.15, 0.2) is 0 Å². The van der Waals surface area contributed by atoms with E-state index in [9.17, 15) is 0 Å². The van der Waals surface area contributed by atoms with Gasteiger partial charge in [-0.3, -0.25) is 4.68 Å². The fourth-order valence-corrected chi connectivity index (χ4v) is 2.68. The number of halogens is 1. The number of morpholine rings is 1. The van der Waals surface area contributed by atoms with E-state index in [4.69, 9.17) is 21.6 Å². The SMILES string of the molecule is N#Cc1cnn(CC2CNC(Cc3ccc(Cl)cc3)CO2)c1. The molecular formula is C16H17ClN4O. The molecule has 0 aliphatic carbocycles. The third-order valence-electron chi connectivity index (χ3n) is 3.72. The van der Waals surface area contributed by atoms with Gasteiger partial charge >= 0.3 is 0 Å². The first-order chi connectivity index (χ1) is 10.7. The highest BCUT2D eigenvalue weighted by Gasteiger charge is 2.21. The Hall–Kier alpha value is -1.87. The van der Waals surface area contributed by atoms with E-state index in [2.05, 4.69) is 16.5 Å². The summed E-state index contributed by atoms with van der Waals surface area (Å²) in [5.74, 6) is 0. The molecule has 3 rings (SSSR count). The summed E-state index contributed by atoms with van der Waals surface area (Å²) in [5, 5.41) is 17.2. The van der Waals surface area contributed by atoms with Crippen LogP contribution in [0, 0.1) is 11.3 Å². The van der Waals surface area contributed by atoms with Gasteiger partial charge in [-0.2, -0.15) is 10.4 Å². The normalized spacial score (nSPS) is 21.5. The lowest BCUT2D eigenvalue weighted by molar-refractivity contribution is -0.00646. The monoisotopic (exact) mass is 316 g/mol. The van der Waals surface area contributed by atoms with Crippen molar-refractivity contribution in [2.24, 2.45) is 0 Å². The minimum absolute atomic E-state index is 0.0768. The lowest BCUT2D eigenvalue weighted by atomic mass is 10.1. The summed E-state index contributed by atoms with van der Waals surface area (Å²) < 4.78 is 7.66. The van der Waals surface area contributed by atoms with Crippen LogP contribution in [0.2, 0.25) is 5.02 Å². The van der Waals surface area contributed by atoms with E-state index in [-0.39, 0.29) is 6.10 Å². The summed E-state index contributed by atoms with van der Waals surface area (Å²) in [6.07, 6.45) is 4.31. The Bertz CT molecular complexity index is 654. The largest absolute Gasteiger partial charge is 0.373 e. The van der Waals surface area contributed by atoms with Crippen molar-refractivity contribution >= 4 is 11.6 Å². The zero-order valence-electron chi connectivity index (χ0n) is 12.1. The number of aromatic nitrogens is 2. The zero-order valence-corrected chi connectivity index (χ0v) is 12.8. The third-order valence-corrected chi connectivity index (χ3v) is 3.97. The number of nitrogens with one attached hydrogen (secondary N) is 1. The van der Waals surface area contributed by atoms with Gasteiger partial charge in [0.05, 0.1) is 31.0 Å². The Morgan fingerprint density at radius 2 is 2.23 bits per heavy atom. The summed E-state index contributed by atoms with van der Waals surface area (Å²) in [5.41, 5.74) is 1.82. The minimum atomic E-state index is 0.0768. The molecule has 1 aromatic heterocycles. The molecule has 6 heteroatoms. The van der Waals surface area contributed by atoms with E-state index < -0.39 is 0 Å². The molecular weight excluding hydrogens is 300 g/mol. The van der Waals surface area contributed by atoms with E-state index in [1.165, 1.54) is 5.56 Å². The van der Waals surface area contributed by atoms with E-state index in [0.29, 0.717) is 24.8 Å². The molecule has 0 saturated carbocycles. The third kappa shape index (κ3) is 3.86. The Morgan fingerprint density at radius 3 is 2.86 bits per heavy atom. The van der Waals surface area contributed by atoms with Crippen molar-refractivity contribution in [1.29, 1.82) is 5.26 Å². The van der Waals surface area contributed by atoms with Crippen LogP contribution in [0.15, 0.2) is 36.7 Å². The number of rotatable bonds is 4. The predicted molar refractivity (Wildman–Crippen MR) is 83.6 cm³/mol. The molecule has 1 N–H and O–H groups in total. The second-order valence-corrected chi connectivity index (χ2v) is 5.89. The van der Waals surface area contributed by atoms with Crippen molar-refractivity contribution in [2.75, 3.05) is 13.2 Å². The van der Waals surface area contributed by atoms with Crippen molar-refractivity contribution < 1.29 is 4.74 Å². The van der Waals surface area contributed by atoms with Crippen molar-refractivity contribution in [3.05, 3.63) is 52.8 Å². The fourth-order valence-electron chi connectivity index (χ4n) is 2.55. The van der Waals surface area contributed by atoms with Crippen molar-refractivity contribution in [2.45, 2.75) is 25.1 Å². The maximum absolute atomic E-state index is 8.79. The van der Waals surface area contributed by atoms with Gasteiger partial charge in [0.25, 0.3) is 0 Å². The molecule has 1 aromatic carbocycles. The van der Waals surface area contributed by atoms with Gasteiger partial charge < -0.3 is 10.1 Å². The minimum Gasteiger partial charge on any atom is -0.373 e. The van der Waals surface area contributed by atoms with Gasteiger partial charge in [-0.1, -0.05) is 23.7 Å². The molecule has 1 aliphatic rings. The van der Waals surface area contributed by atoms with Gasteiger partial charge in [-0.15, -0.1) is 0 Å². The number of hydrogen-bond acceptors (Lipinski definition) is 4. The highest BCUT2D eigenvalue weighted by atomic mass is 35.5. The van der Waals surface area contributed by atoms with Gasteiger partial charge in [-0.05, 0) is 24.1 Å². The first-order valence-corrected chi connectivity index (χ1v) is 7.63. The Labute approximate surface area is 134 Å². The topological polar surface area (TPSA) is 62.9 Å². The van der Waals surface area contributed by atoms with Gasteiger partial charge in [0.1, 0.15) is 6.07 Å². The molecule has 22 heavy (non-hydrogen) atoms. The zero-order chi connectivity index (χ0) is 15.4. The standard InChI is InChI=1S/C16H17ClN4O/c17-14-3-1-12(2-4-14)5-15-11-22-16(8-19-15)10-21-9-13(6-18)7-20-21/h1-4,7,9,15-16,19H,5,8,10-11H2.